The summed E-state index contributed by atoms with van der Waals surface area (Å²) < 4.78 is 34.5. The first-order chi connectivity index (χ1) is 29.9. The van der Waals surface area contributed by atoms with E-state index >= 15 is 0 Å². The SMILES string of the molecule is COc1ccc(C(OC[C@@H](NC(=O)Cn2ccc(NC(=O)c3ccccc3)nc2=O)[C@@H](C)OP(OCCC#N)N(C(C)C)C(C)C)(c2ccccc2)c2ccc(OC)cc2)cc1. The van der Waals surface area contributed by atoms with Crippen LogP contribution < -0.4 is 25.8 Å². The van der Waals surface area contributed by atoms with Crippen LogP contribution in [0.3, 0.4) is 0 Å². The number of hydrogen-bond acceptors (Lipinski definition) is 11. The molecule has 2 amide bonds. The number of nitrogens with one attached hydrogen (secondary N) is 2. The van der Waals surface area contributed by atoms with E-state index in [0.29, 0.717) is 17.1 Å². The minimum Gasteiger partial charge on any atom is -0.497 e. The molecular weight excluding hydrogens is 808 g/mol. The number of carbonyl (C=O) groups is 2. The van der Waals surface area contributed by atoms with Crippen molar-refractivity contribution < 1.29 is 32.8 Å². The molecule has 4 aromatic carbocycles. The quantitative estimate of drug-likeness (QED) is 0.0398. The van der Waals surface area contributed by atoms with Gasteiger partial charge in [0.05, 0.1) is 52.1 Å². The van der Waals surface area contributed by atoms with Gasteiger partial charge in [-0.15, -0.1) is 0 Å². The van der Waals surface area contributed by atoms with Gasteiger partial charge in [0.1, 0.15) is 29.5 Å². The molecule has 5 rings (SSSR count). The Labute approximate surface area is 364 Å². The van der Waals surface area contributed by atoms with E-state index in [4.69, 9.17) is 23.3 Å². The van der Waals surface area contributed by atoms with Gasteiger partial charge < -0.3 is 33.9 Å². The van der Waals surface area contributed by atoms with Crippen LogP contribution in [0.1, 0.15) is 68.1 Å². The van der Waals surface area contributed by atoms with Gasteiger partial charge >= 0.3 is 5.69 Å². The minimum absolute atomic E-state index is 0.0235. The molecule has 3 atom stereocenters. The third kappa shape index (κ3) is 12.1. The fraction of sp³-hybridized carbons (Fsp3) is 0.340. The van der Waals surface area contributed by atoms with Gasteiger partial charge in [-0.1, -0.05) is 72.8 Å². The molecule has 326 valence electrons. The van der Waals surface area contributed by atoms with E-state index in [0.717, 1.165) is 21.3 Å². The summed E-state index contributed by atoms with van der Waals surface area (Å²) in [5, 5.41) is 15.1. The van der Waals surface area contributed by atoms with Gasteiger partial charge in [0, 0.05) is 23.8 Å². The number of aromatic nitrogens is 2. The van der Waals surface area contributed by atoms with Crippen molar-refractivity contribution in [2.75, 3.05) is 32.8 Å². The van der Waals surface area contributed by atoms with Gasteiger partial charge in [0.25, 0.3) is 14.4 Å². The maximum absolute atomic E-state index is 14.1. The van der Waals surface area contributed by atoms with Crippen molar-refractivity contribution in [3.63, 3.8) is 0 Å². The predicted octanol–water partition coefficient (Wildman–Crippen LogP) is 7.69. The van der Waals surface area contributed by atoms with Gasteiger partial charge in [-0.25, -0.2) is 9.46 Å². The second-order valence-electron chi connectivity index (χ2n) is 14.9. The number of benzene rings is 4. The number of carbonyl (C=O) groups excluding carboxylic acids is 2. The molecule has 1 unspecified atom stereocenters. The Kier molecular flexibility index (Phi) is 17.3. The number of ether oxygens (including phenoxy) is 3. The Morgan fingerprint density at radius 3 is 1.87 bits per heavy atom. The zero-order chi connectivity index (χ0) is 44.6. The molecule has 0 saturated carbocycles. The van der Waals surface area contributed by atoms with Crippen molar-refractivity contribution >= 4 is 26.2 Å². The Bertz CT molecular complexity index is 2230. The molecular formula is C47H55N6O8P. The normalized spacial score (nSPS) is 13.0. The number of nitriles is 1. The van der Waals surface area contributed by atoms with Gasteiger partial charge in [-0.3, -0.25) is 14.2 Å². The van der Waals surface area contributed by atoms with Gasteiger partial charge in [-0.2, -0.15) is 10.2 Å². The summed E-state index contributed by atoms with van der Waals surface area (Å²) in [6.07, 6.45) is 0.850. The Morgan fingerprint density at radius 1 is 0.806 bits per heavy atom. The average molecular weight is 863 g/mol. The van der Waals surface area contributed by atoms with E-state index in [-0.39, 0.29) is 44.1 Å². The van der Waals surface area contributed by atoms with E-state index in [1.807, 2.05) is 113 Å². The summed E-state index contributed by atoms with van der Waals surface area (Å²) in [6, 6.07) is 36.4. The van der Waals surface area contributed by atoms with Crippen LogP contribution in [0.4, 0.5) is 5.82 Å². The summed E-state index contributed by atoms with van der Waals surface area (Å²) in [5.74, 6) is 0.438. The van der Waals surface area contributed by atoms with Crippen molar-refractivity contribution in [3.8, 4) is 17.6 Å². The van der Waals surface area contributed by atoms with Gasteiger partial charge in [0.15, 0.2) is 0 Å². The molecule has 0 aliphatic heterocycles. The topological polar surface area (TPSA) is 166 Å². The highest BCUT2D eigenvalue weighted by molar-refractivity contribution is 7.44. The van der Waals surface area contributed by atoms with Gasteiger partial charge in [0.2, 0.25) is 5.91 Å². The zero-order valence-corrected chi connectivity index (χ0v) is 37.1. The van der Waals surface area contributed by atoms with E-state index < -0.39 is 43.8 Å². The molecule has 62 heavy (non-hydrogen) atoms. The highest BCUT2D eigenvalue weighted by atomic mass is 31.2. The molecule has 0 aliphatic carbocycles. The first-order valence-corrected chi connectivity index (χ1v) is 21.5. The van der Waals surface area contributed by atoms with Crippen molar-refractivity contribution in [2.45, 2.75) is 77.4 Å². The van der Waals surface area contributed by atoms with Crippen LogP contribution in [0.2, 0.25) is 0 Å². The Hall–Kier alpha value is -5.94. The maximum Gasteiger partial charge on any atom is 0.349 e. The van der Waals surface area contributed by atoms with Crippen LogP contribution in [-0.2, 0) is 30.7 Å². The molecule has 15 heteroatoms. The second-order valence-corrected chi connectivity index (χ2v) is 16.3. The molecule has 0 fully saturated rings. The van der Waals surface area contributed by atoms with Crippen LogP contribution in [0.15, 0.2) is 126 Å². The van der Waals surface area contributed by atoms with Crippen molar-refractivity contribution in [1.82, 2.24) is 19.5 Å². The summed E-state index contributed by atoms with van der Waals surface area (Å²) in [4.78, 5) is 44.0. The molecule has 0 bridgehead atoms. The summed E-state index contributed by atoms with van der Waals surface area (Å²) >= 11 is 0. The highest BCUT2D eigenvalue weighted by Crippen LogP contribution is 2.48. The van der Waals surface area contributed by atoms with Gasteiger partial charge in [-0.05, 0) is 93.8 Å². The van der Waals surface area contributed by atoms with E-state index in [1.54, 1.807) is 44.6 Å². The first-order valence-electron chi connectivity index (χ1n) is 20.4. The van der Waals surface area contributed by atoms with Crippen LogP contribution in [0, 0.1) is 11.3 Å². The summed E-state index contributed by atoms with van der Waals surface area (Å²) in [7, 11) is 1.49. The maximum atomic E-state index is 14.1. The lowest BCUT2D eigenvalue weighted by Crippen LogP contribution is -2.50. The van der Waals surface area contributed by atoms with E-state index in [9.17, 15) is 19.6 Å². The van der Waals surface area contributed by atoms with E-state index in [2.05, 4.69) is 26.4 Å². The summed E-state index contributed by atoms with van der Waals surface area (Å²) in [5.41, 5.74) is 0.848. The zero-order valence-electron chi connectivity index (χ0n) is 36.2. The lowest BCUT2D eigenvalue weighted by molar-refractivity contribution is -0.124. The first kappa shape index (κ1) is 47.1. The number of methoxy groups -OCH3 is 2. The Morgan fingerprint density at radius 2 is 1.35 bits per heavy atom. The number of rotatable bonds is 22. The standard InChI is InChI=1S/C47H55N6O8P/c1-33(2)53(34(3)4)62(60-30-14-28-48)61-35(5)42(49-44(54)31-52-29-27-43(51-46(52)56)50-45(55)36-15-10-8-11-16-36)32-59-47(37-17-12-9-13-18-37,38-19-23-40(57-6)24-20-38)39-21-25-41(58-7)26-22-39/h8-13,15-27,29,33-35,42H,14,30-32H2,1-7H3,(H,49,54)(H,50,51,55,56)/t35-,42-,62?/m1/s1. The number of nitrogens with zero attached hydrogens (tertiary/aromatic N) is 4. The molecule has 0 radical (unpaired) electrons. The molecule has 14 nitrogen and oxygen atoms in total. The van der Waals surface area contributed by atoms with Crippen LogP contribution in [0.25, 0.3) is 0 Å². The third-order valence-electron chi connectivity index (χ3n) is 9.95. The molecule has 0 aliphatic rings. The predicted molar refractivity (Wildman–Crippen MR) is 239 cm³/mol. The van der Waals surface area contributed by atoms with E-state index in [1.165, 1.54) is 12.3 Å². The minimum atomic E-state index is -1.73. The summed E-state index contributed by atoms with van der Waals surface area (Å²) in [6.45, 7) is 9.69. The number of hydrogen-bond donors (Lipinski definition) is 2. The molecule has 5 aromatic rings. The monoisotopic (exact) mass is 862 g/mol. The molecule has 0 saturated heterocycles. The van der Waals surface area contributed by atoms with Crippen LogP contribution in [-0.4, -0.2) is 77.7 Å². The largest absolute Gasteiger partial charge is 0.497 e. The third-order valence-corrected chi connectivity index (χ3v) is 12.2. The molecule has 2 N–H and O–H groups in total. The molecule has 1 aromatic heterocycles. The molecule has 0 spiro atoms. The van der Waals surface area contributed by atoms with Crippen LogP contribution in [0.5, 0.6) is 11.5 Å². The average Bonchev–Trinajstić information content (AvgIpc) is 3.27. The number of amides is 2. The molecule has 1 heterocycles. The Balaban J connectivity index is 1.52. The lowest BCUT2D eigenvalue weighted by atomic mass is 9.80. The smallest absolute Gasteiger partial charge is 0.349 e. The lowest BCUT2D eigenvalue weighted by Gasteiger charge is -2.40. The van der Waals surface area contributed by atoms with Crippen molar-refractivity contribution in [2.24, 2.45) is 0 Å². The second kappa shape index (κ2) is 22.8. The number of anilines is 1. The highest BCUT2D eigenvalue weighted by Gasteiger charge is 2.40. The fourth-order valence-electron chi connectivity index (χ4n) is 6.90. The fourth-order valence-corrected chi connectivity index (χ4v) is 8.63. The van der Waals surface area contributed by atoms with Crippen LogP contribution >= 0.6 is 8.53 Å². The van der Waals surface area contributed by atoms with Crippen molar-refractivity contribution in [3.05, 3.63) is 154 Å². The van der Waals surface area contributed by atoms with Crippen molar-refractivity contribution in [1.29, 1.82) is 5.26 Å².